The zero-order valence-corrected chi connectivity index (χ0v) is 11.8. The number of anilines is 2. The van der Waals surface area contributed by atoms with Crippen LogP contribution in [0.2, 0.25) is 0 Å². The number of likely N-dealkylation sites (tertiary alicyclic amines) is 1. The molecule has 0 aromatic heterocycles. The topological polar surface area (TPSA) is 96.5 Å². The molecule has 2 rings (SSSR count). The van der Waals surface area contributed by atoms with Crippen LogP contribution in [-0.2, 0) is 0 Å². The molecule has 1 aromatic carbocycles. The van der Waals surface area contributed by atoms with Crippen LogP contribution < -0.4 is 16.6 Å². The minimum absolute atomic E-state index is 0.00104. The molecule has 0 amide bonds. The van der Waals surface area contributed by atoms with Crippen molar-refractivity contribution >= 4 is 17.1 Å². The number of hydrogen-bond donors (Lipinski definition) is 3. The van der Waals surface area contributed by atoms with Crippen molar-refractivity contribution in [3.8, 4) is 0 Å². The van der Waals surface area contributed by atoms with Crippen molar-refractivity contribution in [3.63, 3.8) is 0 Å². The average molecular weight is 279 g/mol. The summed E-state index contributed by atoms with van der Waals surface area (Å²) >= 11 is 0. The van der Waals surface area contributed by atoms with Crippen LogP contribution in [0, 0.1) is 16.0 Å². The van der Waals surface area contributed by atoms with Crippen LogP contribution in [0.4, 0.5) is 17.1 Å². The number of nitrogens with one attached hydrogen (secondary N) is 2. The fraction of sp³-hybridized carbons (Fsp3) is 0.538. The number of piperidine rings is 1. The Hall–Kier alpha value is -1.86. The summed E-state index contributed by atoms with van der Waals surface area (Å²) in [6, 6.07) is 5.31. The van der Waals surface area contributed by atoms with Crippen molar-refractivity contribution in [3.05, 3.63) is 28.3 Å². The van der Waals surface area contributed by atoms with E-state index < -0.39 is 4.92 Å². The molecule has 110 valence electrons. The maximum atomic E-state index is 11.2. The Morgan fingerprint density at radius 1 is 1.45 bits per heavy atom. The van der Waals surface area contributed by atoms with Gasteiger partial charge in [0.25, 0.3) is 0 Å². The fourth-order valence-electron chi connectivity index (χ4n) is 2.74. The number of benzene rings is 1. The molecule has 0 spiro atoms. The number of rotatable bonds is 4. The fourth-order valence-corrected chi connectivity index (χ4v) is 2.74. The largest absolute Gasteiger partial charge is 0.376 e. The standard InChI is InChI=1S/C13H21N5O2/c1-9-8-17(2)7-6-10(9)15-11-4-3-5-12(16-14)13(11)18(19)20/h3-5,9-10,15-16H,6-8,14H2,1-2H3. The highest BCUT2D eigenvalue weighted by Crippen LogP contribution is 2.34. The van der Waals surface area contributed by atoms with Crippen LogP contribution in [-0.4, -0.2) is 36.0 Å². The number of nitrogen functional groups attached to an aromatic ring is 1. The smallest absolute Gasteiger partial charge is 0.316 e. The van der Waals surface area contributed by atoms with E-state index >= 15 is 0 Å². The molecule has 7 nitrogen and oxygen atoms in total. The van der Waals surface area contributed by atoms with Gasteiger partial charge in [-0.15, -0.1) is 0 Å². The van der Waals surface area contributed by atoms with Gasteiger partial charge in [0, 0.05) is 12.6 Å². The third-order valence-corrected chi connectivity index (χ3v) is 3.82. The van der Waals surface area contributed by atoms with Crippen molar-refractivity contribution in [2.75, 3.05) is 30.9 Å². The molecule has 7 heteroatoms. The Morgan fingerprint density at radius 3 is 2.75 bits per heavy atom. The van der Waals surface area contributed by atoms with Gasteiger partial charge < -0.3 is 15.6 Å². The predicted octanol–water partition coefficient (Wildman–Crippen LogP) is 1.63. The molecule has 20 heavy (non-hydrogen) atoms. The number of nitrogens with zero attached hydrogens (tertiary/aromatic N) is 2. The second-order valence-corrected chi connectivity index (χ2v) is 5.38. The zero-order valence-electron chi connectivity index (χ0n) is 11.8. The highest BCUT2D eigenvalue weighted by molar-refractivity contribution is 5.76. The normalized spacial score (nSPS) is 23.4. The van der Waals surface area contributed by atoms with Crippen LogP contribution in [0.15, 0.2) is 18.2 Å². The summed E-state index contributed by atoms with van der Waals surface area (Å²) in [5, 5.41) is 14.6. The molecular formula is C13H21N5O2. The molecule has 0 aliphatic carbocycles. The van der Waals surface area contributed by atoms with E-state index in [1.807, 2.05) is 0 Å². The lowest BCUT2D eigenvalue weighted by Crippen LogP contribution is -2.43. The molecule has 1 aliphatic heterocycles. The lowest BCUT2D eigenvalue weighted by atomic mass is 9.94. The second-order valence-electron chi connectivity index (χ2n) is 5.38. The van der Waals surface area contributed by atoms with E-state index in [9.17, 15) is 10.1 Å². The van der Waals surface area contributed by atoms with Crippen LogP contribution in [0.1, 0.15) is 13.3 Å². The van der Waals surface area contributed by atoms with E-state index in [0.29, 0.717) is 17.3 Å². The van der Waals surface area contributed by atoms with Crippen molar-refractivity contribution < 1.29 is 4.92 Å². The van der Waals surface area contributed by atoms with Crippen molar-refractivity contribution in [1.82, 2.24) is 4.90 Å². The molecule has 0 radical (unpaired) electrons. The summed E-state index contributed by atoms with van der Waals surface area (Å²) in [4.78, 5) is 13.1. The SMILES string of the molecule is CC1CN(C)CCC1Nc1cccc(NN)c1[N+](=O)[O-]. The number of hydrogen-bond acceptors (Lipinski definition) is 6. The summed E-state index contributed by atoms with van der Waals surface area (Å²) in [6.07, 6.45) is 0.967. The van der Waals surface area contributed by atoms with Gasteiger partial charge in [0.1, 0.15) is 11.4 Å². The molecule has 1 aliphatic rings. The first-order valence-corrected chi connectivity index (χ1v) is 6.72. The van der Waals surface area contributed by atoms with Gasteiger partial charge in [-0.05, 0) is 38.1 Å². The van der Waals surface area contributed by atoms with Gasteiger partial charge in [-0.2, -0.15) is 0 Å². The molecule has 1 saturated heterocycles. The average Bonchev–Trinajstić information content (AvgIpc) is 2.41. The Bertz CT molecular complexity index is 494. The van der Waals surface area contributed by atoms with Gasteiger partial charge in [-0.3, -0.25) is 16.0 Å². The Balaban J connectivity index is 2.23. The molecule has 0 bridgehead atoms. The summed E-state index contributed by atoms with van der Waals surface area (Å²) < 4.78 is 0. The third-order valence-electron chi connectivity index (χ3n) is 3.82. The summed E-state index contributed by atoms with van der Waals surface area (Å²) in [5.74, 6) is 5.78. The van der Waals surface area contributed by atoms with Crippen LogP contribution in [0.25, 0.3) is 0 Å². The summed E-state index contributed by atoms with van der Waals surface area (Å²) in [6.45, 7) is 4.13. The van der Waals surface area contributed by atoms with Gasteiger partial charge >= 0.3 is 5.69 Å². The number of nitro groups is 1. The van der Waals surface area contributed by atoms with Gasteiger partial charge in [-0.25, -0.2) is 0 Å². The summed E-state index contributed by atoms with van der Waals surface area (Å²) in [5.41, 5.74) is 3.22. The van der Waals surface area contributed by atoms with Crippen molar-refractivity contribution in [1.29, 1.82) is 0 Å². The first kappa shape index (κ1) is 14.5. The van der Waals surface area contributed by atoms with E-state index in [4.69, 9.17) is 5.84 Å². The van der Waals surface area contributed by atoms with E-state index in [1.165, 1.54) is 0 Å². The Kier molecular flexibility index (Phi) is 4.41. The monoisotopic (exact) mass is 279 g/mol. The number of para-hydroxylation sites is 1. The van der Waals surface area contributed by atoms with Crippen LogP contribution in [0.3, 0.4) is 0 Å². The number of nitro benzene ring substituents is 1. The van der Waals surface area contributed by atoms with Crippen molar-refractivity contribution in [2.45, 2.75) is 19.4 Å². The van der Waals surface area contributed by atoms with Gasteiger partial charge in [-0.1, -0.05) is 13.0 Å². The second kappa shape index (κ2) is 6.06. The van der Waals surface area contributed by atoms with Crippen LogP contribution >= 0.6 is 0 Å². The van der Waals surface area contributed by atoms with Crippen molar-refractivity contribution in [2.24, 2.45) is 11.8 Å². The molecule has 2 unspecified atom stereocenters. The van der Waals surface area contributed by atoms with E-state index in [0.717, 1.165) is 19.5 Å². The number of hydrazine groups is 1. The minimum atomic E-state index is -0.406. The minimum Gasteiger partial charge on any atom is -0.376 e. The zero-order chi connectivity index (χ0) is 14.7. The molecule has 1 aromatic rings. The lowest BCUT2D eigenvalue weighted by Gasteiger charge is -2.35. The first-order chi connectivity index (χ1) is 9.52. The predicted molar refractivity (Wildman–Crippen MR) is 79.6 cm³/mol. The molecule has 1 heterocycles. The number of nitrogens with two attached hydrogens (primary N) is 1. The third kappa shape index (κ3) is 3.00. The molecule has 4 N–H and O–H groups in total. The highest BCUT2D eigenvalue weighted by atomic mass is 16.6. The first-order valence-electron chi connectivity index (χ1n) is 6.72. The maximum Gasteiger partial charge on any atom is 0.316 e. The highest BCUT2D eigenvalue weighted by Gasteiger charge is 2.27. The van der Waals surface area contributed by atoms with Crippen LogP contribution in [0.5, 0.6) is 0 Å². The molecular weight excluding hydrogens is 258 g/mol. The molecule has 2 atom stereocenters. The quantitative estimate of drug-likeness (QED) is 0.440. The Morgan fingerprint density at radius 2 is 2.15 bits per heavy atom. The van der Waals surface area contributed by atoms with Gasteiger partial charge in [0.15, 0.2) is 0 Å². The molecule has 0 saturated carbocycles. The Labute approximate surface area is 118 Å². The lowest BCUT2D eigenvalue weighted by molar-refractivity contribution is -0.383. The van der Waals surface area contributed by atoms with Gasteiger partial charge in [0.2, 0.25) is 0 Å². The molecule has 1 fully saturated rings. The van der Waals surface area contributed by atoms with Gasteiger partial charge in [0.05, 0.1) is 4.92 Å². The van der Waals surface area contributed by atoms with E-state index in [-0.39, 0.29) is 11.7 Å². The van der Waals surface area contributed by atoms with E-state index in [1.54, 1.807) is 18.2 Å². The maximum absolute atomic E-state index is 11.2. The summed E-state index contributed by atoms with van der Waals surface area (Å²) in [7, 11) is 2.09. The van der Waals surface area contributed by atoms with E-state index in [2.05, 4.69) is 29.6 Å².